The number of aromatic nitrogens is 2. The first-order valence-corrected chi connectivity index (χ1v) is 11.1. The Morgan fingerprint density at radius 3 is 2.29 bits per heavy atom. The highest BCUT2D eigenvalue weighted by molar-refractivity contribution is 6.30. The van der Waals surface area contributed by atoms with Gasteiger partial charge in [-0.05, 0) is 55.8 Å². The molecule has 0 saturated carbocycles. The van der Waals surface area contributed by atoms with Crippen molar-refractivity contribution in [3.8, 4) is 11.6 Å². The highest BCUT2D eigenvalue weighted by Crippen LogP contribution is 2.21. The smallest absolute Gasteiger partial charge is 0.301 e. The van der Waals surface area contributed by atoms with E-state index in [-0.39, 0.29) is 24.0 Å². The van der Waals surface area contributed by atoms with Crippen LogP contribution in [0.25, 0.3) is 0 Å². The first-order valence-electron chi connectivity index (χ1n) is 10.8. The maximum Gasteiger partial charge on any atom is 0.301 e. The summed E-state index contributed by atoms with van der Waals surface area (Å²) in [7, 11) is 0. The zero-order chi connectivity index (χ0) is 25.0. The number of aromatic hydroxyl groups is 1. The summed E-state index contributed by atoms with van der Waals surface area (Å²) in [6, 6.07) is 13.9. The van der Waals surface area contributed by atoms with Crippen LogP contribution >= 0.6 is 11.6 Å². The van der Waals surface area contributed by atoms with E-state index in [1.807, 2.05) is 13.8 Å². The number of nitrogen functional groups attached to an aromatic ring is 1. The van der Waals surface area contributed by atoms with E-state index < -0.39 is 23.3 Å². The Morgan fingerprint density at radius 1 is 1.12 bits per heavy atom. The molecule has 0 unspecified atom stereocenters. The number of carbonyl (C=O) groups excluding carboxylic acids is 1. The standard InChI is InChI=1S/C24H28ClN5O4/c1-14(2)21(31)28-20-22(32)29(13-16-5-7-17(25)8-6-16)24(30(26)23(20)33)27-18-9-11-19(12-10-18)34-15(3)4/h5-12,14-15,32H,13,26H2,1-4H3,(H,28,31). The molecule has 0 fully saturated rings. The summed E-state index contributed by atoms with van der Waals surface area (Å²) in [6.07, 6.45) is 0.0177. The Labute approximate surface area is 202 Å². The lowest BCUT2D eigenvalue weighted by molar-refractivity contribution is -0.118. The van der Waals surface area contributed by atoms with Crippen molar-refractivity contribution in [1.82, 2.24) is 9.24 Å². The number of nitrogens with zero attached hydrogens (tertiary/aromatic N) is 3. The average Bonchev–Trinajstić information content (AvgIpc) is 2.79. The molecule has 180 valence electrons. The van der Waals surface area contributed by atoms with Crippen LogP contribution in [0.3, 0.4) is 0 Å². The van der Waals surface area contributed by atoms with Crippen LogP contribution in [-0.2, 0) is 11.3 Å². The molecule has 3 aromatic rings. The van der Waals surface area contributed by atoms with E-state index in [4.69, 9.17) is 22.2 Å². The quantitative estimate of drug-likeness (QED) is 0.442. The molecule has 2 aromatic carbocycles. The first-order chi connectivity index (χ1) is 16.1. The van der Waals surface area contributed by atoms with Crippen LogP contribution in [-0.4, -0.2) is 26.4 Å². The van der Waals surface area contributed by atoms with Gasteiger partial charge in [0.1, 0.15) is 5.75 Å². The SMILES string of the molecule is CC(C)Oc1ccc(N=c2n(Cc3ccc(Cl)cc3)c(O)c(NC(=O)C(C)C)c(=O)n2N)cc1. The van der Waals surface area contributed by atoms with Gasteiger partial charge in [0.05, 0.1) is 18.3 Å². The molecule has 3 rings (SSSR count). The summed E-state index contributed by atoms with van der Waals surface area (Å²) in [6.45, 7) is 7.30. The van der Waals surface area contributed by atoms with Crippen molar-refractivity contribution in [2.75, 3.05) is 11.2 Å². The van der Waals surface area contributed by atoms with E-state index in [0.717, 1.165) is 10.2 Å². The minimum Gasteiger partial charge on any atom is -0.493 e. The predicted octanol–water partition coefficient (Wildman–Crippen LogP) is 3.39. The van der Waals surface area contributed by atoms with Gasteiger partial charge in [-0.15, -0.1) is 0 Å². The second-order valence-electron chi connectivity index (χ2n) is 8.30. The minimum atomic E-state index is -0.794. The van der Waals surface area contributed by atoms with E-state index in [0.29, 0.717) is 16.5 Å². The molecule has 4 N–H and O–H groups in total. The number of rotatable bonds is 7. The fourth-order valence-corrected chi connectivity index (χ4v) is 3.19. The number of nitrogens with one attached hydrogen (secondary N) is 1. The fraction of sp³-hybridized carbons (Fsp3) is 0.292. The molecular formula is C24H28ClN5O4. The maximum absolute atomic E-state index is 12.9. The van der Waals surface area contributed by atoms with Crippen LogP contribution in [0.1, 0.15) is 33.3 Å². The number of halogens is 1. The zero-order valence-electron chi connectivity index (χ0n) is 19.4. The third-order valence-electron chi connectivity index (χ3n) is 4.83. The van der Waals surface area contributed by atoms with E-state index >= 15 is 0 Å². The molecule has 0 aliphatic heterocycles. The summed E-state index contributed by atoms with van der Waals surface area (Å²) in [5, 5.41) is 14.0. The molecule has 0 bridgehead atoms. The van der Waals surface area contributed by atoms with Crippen LogP contribution in [0.15, 0.2) is 58.3 Å². The third kappa shape index (κ3) is 5.79. The van der Waals surface area contributed by atoms with E-state index in [2.05, 4.69) is 10.3 Å². The van der Waals surface area contributed by atoms with Crippen LogP contribution in [0, 0.1) is 5.92 Å². The second-order valence-corrected chi connectivity index (χ2v) is 8.74. The monoisotopic (exact) mass is 485 g/mol. The maximum atomic E-state index is 12.9. The zero-order valence-corrected chi connectivity index (χ0v) is 20.2. The number of hydrogen-bond acceptors (Lipinski definition) is 6. The molecule has 0 spiro atoms. The normalized spacial score (nSPS) is 11.8. The van der Waals surface area contributed by atoms with Crippen molar-refractivity contribution in [2.45, 2.75) is 40.3 Å². The molecule has 34 heavy (non-hydrogen) atoms. The molecule has 1 amide bonds. The van der Waals surface area contributed by atoms with Crippen molar-refractivity contribution < 1.29 is 14.6 Å². The number of carbonyl (C=O) groups is 1. The highest BCUT2D eigenvalue weighted by atomic mass is 35.5. The molecule has 0 radical (unpaired) electrons. The van der Waals surface area contributed by atoms with E-state index in [9.17, 15) is 14.7 Å². The van der Waals surface area contributed by atoms with Gasteiger partial charge in [-0.2, -0.15) is 4.68 Å². The Kier molecular flexibility index (Phi) is 7.68. The Hall–Kier alpha value is -3.72. The molecular weight excluding hydrogens is 458 g/mol. The van der Waals surface area contributed by atoms with Gasteiger partial charge in [-0.3, -0.25) is 14.2 Å². The molecule has 0 saturated heterocycles. The Balaban J connectivity index is 2.18. The summed E-state index contributed by atoms with van der Waals surface area (Å²) in [5.41, 5.74) is 0.115. The molecule has 0 atom stereocenters. The summed E-state index contributed by atoms with van der Waals surface area (Å²) in [5.74, 6) is 5.47. The minimum absolute atomic E-state index is 0.0162. The van der Waals surface area contributed by atoms with Crippen LogP contribution in [0.5, 0.6) is 11.6 Å². The van der Waals surface area contributed by atoms with Crippen molar-refractivity contribution in [2.24, 2.45) is 10.9 Å². The number of anilines is 1. The lowest BCUT2D eigenvalue weighted by Gasteiger charge is -2.17. The highest BCUT2D eigenvalue weighted by Gasteiger charge is 2.20. The van der Waals surface area contributed by atoms with Crippen LogP contribution in [0.2, 0.25) is 5.02 Å². The van der Waals surface area contributed by atoms with Crippen LogP contribution in [0.4, 0.5) is 11.4 Å². The molecule has 0 aliphatic carbocycles. The Morgan fingerprint density at radius 2 is 1.74 bits per heavy atom. The third-order valence-corrected chi connectivity index (χ3v) is 5.08. The van der Waals surface area contributed by atoms with Crippen LogP contribution < -0.4 is 27.1 Å². The number of amides is 1. The van der Waals surface area contributed by atoms with Gasteiger partial charge < -0.3 is 21.0 Å². The van der Waals surface area contributed by atoms with Crippen molar-refractivity contribution in [1.29, 1.82) is 0 Å². The fourth-order valence-electron chi connectivity index (χ4n) is 3.06. The summed E-state index contributed by atoms with van der Waals surface area (Å²) in [4.78, 5) is 29.7. The molecule has 9 nitrogen and oxygen atoms in total. The molecule has 0 aliphatic rings. The van der Waals surface area contributed by atoms with Crippen molar-refractivity contribution in [3.05, 3.63) is 75.1 Å². The number of hydrogen-bond donors (Lipinski definition) is 3. The van der Waals surface area contributed by atoms with Gasteiger partial charge >= 0.3 is 5.56 Å². The van der Waals surface area contributed by atoms with Crippen molar-refractivity contribution >= 4 is 28.9 Å². The second kappa shape index (κ2) is 10.5. The first kappa shape index (κ1) is 24.9. The molecule has 1 heterocycles. The lowest BCUT2D eigenvalue weighted by Crippen LogP contribution is -2.46. The van der Waals surface area contributed by atoms with Gasteiger partial charge in [0.15, 0.2) is 5.69 Å². The summed E-state index contributed by atoms with van der Waals surface area (Å²) < 4.78 is 7.79. The van der Waals surface area contributed by atoms with Gasteiger partial charge in [0, 0.05) is 10.9 Å². The number of ether oxygens (including phenoxy) is 1. The number of benzene rings is 2. The Bertz CT molecular complexity index is 1290. The van der Waals surface area contributed by atoms with Gasteiger partial charge in [-0.25, -0.2) is 4.99 Å². The van der Waals surface area contributed by atoms with Gasteiger partial charge in [-0.1, -0.05) is 37.6 Å². The lowest BCUT2D eigenvalue weighted by atomic mass is 10.2. The van der Waals surface area contributed by atoms with Crippen molar-refractivity contribution in [3.63, 3.8) is 0 Å². The summed E-state index contributed by atoms with van der Waals surface area (Å²) >= 11 is 5.99. The molecule has 1 aromatic heterocycles. The topological polar surface area (TPSA) is 124 Å². The molecule has 10 heteroatoms. The van der Waals surface area contributed by atoms with Gasteiger partial charge in [0.25, 0.3) is 0 Å². The average molecular weight is 486 g/mol. The van der Waals surface area contributed by atoms with E-state index in [1.165, 1.54) is 4.57 Å². The number of nitrogens with two attached hydrogens (primary N) is 1. The largest absolute Gasteiger partial charge is 0.493 e. The van der Waals surface area contributed by atoms with Gasteiger partial charge in [0.2, 0.25) is 17.4 Å². The predicted molar refractivity (Wildman–Crippen MR) is 132 cm³/mol. The van der Waals surface area contributed by atoms with E-state index in [1.54, 1.807) is 62.4 Å².